The second kappa shape index (κ2) is 7.83. The van der Waals surface area contributed by atoms with Crippen molar-refractivity contribution >= 4 is 27.1 Å². The van der Waals surface area contributed by atoms with Gasteiger partial charge in [-0.15, -0.1) is 0 Å². The average molecular weight is 455 g/mol. The lowest BCUT2D eigenvalue weighted by molar-refractivity contribution is 0.474. The number of aromatic hydroxyl groups is 2. The van der Waals surface area contributed by atoms with Gasteiger partial charge in [0.2, 0.25) is 14.7 Å². The second-order valence-corrected chi connectivity index (χ2v) is 9.50. The first-order valence-electron chi connectivity index (χ1n) is 9.56. The van der Waals surface area contributed by atoms with E-state index in [1.807, 2.05) is 6.92 Å². The van der Waals surface area contributed by atoms with E-state index in [2.05, 4.69) is 10.2 Å². The van der Waals surface area contributed by atoms with Crippen LogP contribution in [-0.2, 0) is 14.7 Å². The summed E-state index contributed by atoms with van der Waals surface area (Å²) >= 11 is 6.29. The van der Waals surface area contributed by atoms with Gasteiger partial charge >= 0.3 is 0 Å². The monoisotopic (exact) mass is 454 g/mol. The van der Waals surface area contributed by atoms with Crippen LogP contribution < -0.4 is 0 Å². The van der Waals surface area contributed by atoms with Gasteiger partial charge in [0.1, 0.15) is 11.5 Å². The lowest BCUT2D eigenvalue weighted by Crippen LogP contribution is -2.35. The van der Waals surface area contributed by atoms with Crippen LogP contribution in [0.3, 0.4) is 0 Å². The zero-order valence-electron chi connectivity index (χ0n) is 16.5. The van der Waals surface area contributed by atoms with Gasteiger partial charge in [-0.05, 0) is 55.0 Å². The minimum absolute atomic E-state index is 0.00441. The van der Waals surface area contributed by atoms with Gasteiger partial charge in [0, 0.05) is 16.7 Å². The molecule has 0 spiro atoms. The number of azo groups is 1. The molecule has 0 aliphatic carbocycles. The van der Waals surface area contributed by atoms with E-state index in [1.54, 1.807) is 24.3 Å². The zero-order chi connectivity index (χ0) is 22.2. The highest BCUT2D eigenvalue weighted by molar-refractivity contribution is 7.92. The van der Waals surface area contributed by atoms with Crippen LogP contribution in [0.15, 0.2) is 93.5 Å². The van der Waals surface area contributed by atoms with Gasteiger partial charge in [-0.25, -0.2) is 8.42 Å². The Kier molecular flexibility index (Phi) is 5.33. The van der Waals surface area contributed by atoms with Gasteiger partial charge in [0.05, 0.1) is 15.6 Å². The summed E-state index contributed by atoms with van der Waals surface area (Å²) in [6, 6.07) is 18.4. The summed E-state index contributed by atoms with van der Waals surface area (Å²) in [7, 11) is -4.19. The van der Waals surface area contributed by atoms with E-state index in [9.17, 15) is 18.6 Å². The molecule has 158 valence electrons. The molecule has 0 fully saturated rings. The molecule has 4 rings (SSSR count). The Bertz CT molecular complexity index is 1300. The number of nitrogens with zero attached hydrogens (tertiary/aromatic N) is 2. The van der Waals surface area contributed by atoms with E-state index in [1.165, 1.54) is 48.5 Å². The molecule has 3 aromatic carbocycles. The third-order valence-corrected chi connectivity index (χ3v) is 7.97. The fourth-order valence-electron chi connectivity index (χ4n) is 3.77. The standard InChI is InChI=1S/C23H19ClN2O4S/c1-2-19-22(15-7-11-17(27)12-8-15)25-26-23(19,16-9-13-18(28)14-10-16)31(29,30)21-6-4-3-5-20(21)24/h3-14,27-28H,2H2,1H3. The minimum atomic E-state index is -4.19. The fraction of sp³-hybridized carbons (Fsp3) is 0.130. The molecule has 1 aliphatic heterocycles. The lowest BCUT2D eigenvalue weighted by atomic mass is 9.93. The van der Waals surface area contributed by atoms with Crippen molar-refractivity contribution in [2.75, 3.05) is 0 Å². The number of sulfone groups is 1. The topological polar surface area (TPSA) is 99.3 Å². The molecule has 0 aromatic heterocycles. The normalized spacial score (nSPS) is 18.5. The average Bonchev–Trinajstić information content (AvgIpc) is 3.16. The largest absolute Gasteiger partial charge is 0.508 e. The fourth-order valence-corrected chi connectivity index (χ4v) is 6.27. The van der Waals surface area contributed by atoms with Gasteiger partial charge in [0.15, 0.2) is 0 Å². The molecule has 0 saturated heterocycles. The molecule has 2 N–H and O–H groups in total. The van der Waals surface area contributed by atoms with E-state index in [0.29, 0.717) is 28.8 Å². The van der Waals surface area contributed by atoms with Crippen LogP contribution in [0.4, 0.5) is 0 Å². The Hall–Kier alpha value is -3.16. The van der Waals surface area contributed by atoms with Gasteiger partial charge in [0.25, 0.3) is 0 Å². The van der Waals surface area contributed by atoms with Gasteiger partial charge in [-0.1, -0.05) is 42.8 Å². The van der Waals surface area contributed by atoms with Crippen molar-refractivity contribution in [2.45, 2.75) is 23.1 Å². The first-order valence-corrected chi connectivity index (χ1v) is 11.4. The molecule has 1 aliphatic rings. The number of halogens is 1. The second-order valence-electron chi connectivity index (χ2n) is 7.05. The smallest absolute Gasteiger partial charge is 0.235 e. The van der Waals surface area contributed by atoms with Crippen LogP contribution in [0.25, 0.3) is 5.70 Å². The lowest BCUT2D eigenvalue weighted by Gasteiger charge is -2.29. The molecule has 1 atom stereocenters. The first-order chi connectivity index (χ1) is 14.8. The van der Waals surface area contributed by atoms with E-state index in [4.69, 9.17) is 11.6 Å². The number of hydrogen-bond donors (Lipinski definition) is 2. The van der Waals surface area contributed by atoms with Crippen molar-refractivity contribution in [3.63, 3.8) is 0 Å². The number of benzene rings is 3. The highest BCUT2D eigenvalue weighted by Gasteiger charge is 2.54. The molecule has 1 heterocycles. The summed E-state index contributed by atoms with van der Waals surface area (Å²) < 4.78 is 28.2. The van der Waals surface area contributed by atoms with E-state index < -0.39 is 14.7 Å². The molecule has 0 radical (unpaired) electrons. The Balaban J connectivity index is 2.05. The molecule has 3 aromatic rings. The molecule has 6 nitrogen and oxygen atoms in total. The highest BCUT2D eigenvalue weighted by Crippen LogP contribution is 2.52. The van der Waals surface area contributed by atoms with Crippen molar-refractivity contribution < 1.29 is 18.6 Å². The third-order valence-electron chi connectivity index (χ3n) is 5.25. The van der Waals surface area contributed by atoms with Crippen LogP contribution in [-0.4, -0.2) is 18.6 Å². The van der Waals surface area contributed by atoms with Gasteiger partial charge < -0.3 is 10.2 Å². The van der Waals surface area contributed by atoms with E-state index in [-0.39, 0.29) is 21.4 Å². The molecular formula is C23H19ClN2O4S. The number of rotatable bonds is 5. The molecule has 0 saturated carbocycles. The maximum Gasteiger partial charge on any atom is 0.235 e. The summed E-state index contributed by atoms with van der Waals surface area (Å²) in [6.45, 7) is 1.84. The van der Waals surface area contributed by atoms with Crippen LogP contribution in [0.1, 0.15) is 24.5 Å². The van der Waals surface area contributed by atoms with Gasteiger partial charge in [-0.2, -0.15) is 10.2 Å². The van der Waals surface area contributed by atoms with Crippen LogP contribution in [0.2, 0.25) is 5.02 Å². The minimum Gasteiger partial charge on any atom is -0.508 e. The van der Waals surface area contributed by atoms with E-state index >= 15 is 0 Å². The molecular weight excluding hydrogens is 436 g/mol. The van der Waals surface area contributed by atoms with Gasteiger partial charge in [-0.3, -0.25) is 0 Å². The molecule has 8 heteroatoms. The Morgan fingerprint density at radius 2 is 1.48 bits per heavy atom. The Morgan fingerprint density at radius 1 is 0.903 bits per heavy atom. The summed E-state index contributed by atoms with van der Waals surface area (Å²) in [6.07, 6.45) is 0.341. The summed E-state index contributed by atoms with van der Waals surface area (Å²) in [5.74, 6) is 0.0931. The van der Waals surface area contributed by atoms with Crippen molar-refractivity contribution in [2.24, 2.45) is 10.2 Å². The molecule has 0 bridgehead atoms. The summed E-state index contributed by atoms with van der Waals surface area (Å²) in [5.41, 5.74) is 1.88. The SMILES string of the molecule is CCC1=C(c2ccc(O)cc2)N=NC1(c1ccc(O)cc1)S(=O)(=O)c1ccccc1Cl. The van der Waals surface area contributed by atoms with Crippen molar-refractivity contribution in [3.05, 3.63) is 94.5 Å². The van der Waals surface area contributed by atoms with E-state index in [0.717, 1.165) is 0 Å². The van der Waals surface area contributed by atoms with Crippen molar-refractivity contribution in [3.8, 4) is 11.5 Å². The number of hydrogen-bond acceptors (Lipinski definition) is 6. The first kappa shape index (κ1) is 21.1. The maximum atomic E-state index is 14.1. The molecule has 0 amide bonds. The Morgan fingerprint density at radius 3 is 2.06 bits per heavy atom. The summed E-state index contributed by atoms with van der Waals surface area (Å²) in [4.78, 5) is -1.89. The van der Waals surface area contributed by atoms with Crippen molar-refractivity contribution in [1.82, 2.24) is 0 Å². The Labute approximate surface area is 185 Å². The van der Waals surface area contributed by atoms with Crippen LogP contribution in [0, 0.1) is 0 Å². The van der Waals surface area contributed by atoms with Crippen LogP contribution in [0.5, 0.6) is 11.5 Å². The maximum absolute atomic E-state index is 14.1. The predicted molar refractivity (Wildman–Crippen MR) is 119 cm³/mol. The summed E-state index contributed by atoms with van der Waals surface area (Å²) in [5, 5.41) is 28.1. The number of phenols is 2. The third kappa shape index (κ3) is 3.30. The molecule has 1 unspecified atom stereocenters. The molecule has 31 heavy (non-hydrogen) atoms. The van der Waals surface area contributed by atoms with Crippen molar-refractivity contribution in [1.29, 1.82) is 0 Å². The predicted octanol–water partition coefficient (Wildman–Crippen LogP) is 5.67. The van der Waals surface area contributed by atoms with Crippen LogP contribution >= 0.6 is 11.6 Å². The quantitative estimate of drug-likeness (QED) is 0.519. The highest BCUT2D eigenvalue weighted by atomic mass is 35.5. The number of phenolic OH excluding ortho intramolecular Hbond substituents is 2. The zero-order valence-corrected chi connectivity index (χ0v) is 18.1.